The van der Waals surface area contributed by atoms with Gasteiger partial charge in [-0.05, 0) is 24.6 Å². The SMILES string of the molecule is O=C(CSC1CCS(=O)(=O)C1)Nc1cccc(C(=O)O)c1. The second kappa shape index (κ2) is 6.48. The monoisotopic (exact) mass is 329 g/mol. The molecule has 8 heteroatoms. The fraction of sp³-hybridized carbons (Fsp3) is 0.385. The lowest BCUT2D eigenvalue weighted by Gasteiger charge is -2.08. The van der Waals surface area contributed by atoms with Gasteiger partial charge in [0.25, 0.3) is 0 Å². The molecule has 1 saturated heterocycles. The van der Waals surface area contributed by atoms with Gasteiger partial charge in [-0.1, -0.05) is 6.07 Å². The lowest BCUT2D eigenvalue weighted by molar-refractivity contribution is -0.113. The van der Waals surface area contributed by atoms with Crippen molar-refractivity contribution in [3.05, 3.63) is 29.8 Å². The number of aromatic carboxylic acids is 1. The molecule has 0 aliphatic carbocycles. The highest BCUT2D eigenvalue weighted by molar-refractivity contribution is 8.02. The van der Waals surface area contributed by atoms with Gasteiger partial charge in [-0.2, -0.15) is 0 Å². The molecular formula is C13H15NO5S2. The molecule has 0 radical (unpaired) electrons. The number of carboxylic acids is 1. The molecule has 1 fully saturated rings. The number of anilines is 1. The summed E-state index contributed by atoms with van der Waals surface area (Å²) in [5.41, 5.74) is 0.516. The minimum atomic E-state index is -2.94. The van der Waals surface area contributed by atoms with Crippen LogP contribution in [0.3, 0.4) is 0 Å². The number of carboxylic acid groups (broad SMARTS) is 1. The Morgan fingerprint density at radius 1 is 1.38 bits per heavy atom. The molecule has 1 aliphatic rings. The number of carbonyl (C=O) groups excluding carboxylic acids is 1. The summed E-state index contributed by atoms with van der Waals surface area (Å²) in [6, 6.07) is 5.98. The maximum absolute atomic E-state index is 11.8. The van der Waals surface area contributed by atoms with Crippen molar-refractivity contribution in [2.75, 3.05) is 22.6 Å². The first kappa shape index (κ1) is 15.8. The molecule has 1 unspecified atom stereocenters. The fourth-order valence-electron chi connectivity index (χ4n) is 2.01. The molecular weight excluding hydrogens is 314 g/mol. The van der Waals surface area contributed by atoms with Crippen LogP contribution in [0.15, 0.2) is 24.3 Å². The summed E-state index contributed by atoms with van der Waals surface area (Å²) < 4.78 is 22.6. The van der Waals surface area contributed by atoms with Gasteiger partial charge in [-0.15, -0.1) is 11.8 Å². The molecule has 1 heterocycles. The molecule has 1 amide bonds. The van der Waals surface area contributed by atoms with E-state index in [9.17, 15) is 18.0 Å². The van der Waals surface area contributed by atoms with Crippen LogP contribution in [0.2, 0.25) is 0 Å². The molecule has 6 nitrogen and oxygen atoms in total. The van der Waals surface area contributed by atoms with Gasteiger partial charge >= 0.3 is 5.97 Å². The summed E-state index contributed by atoms with van der Waals surface area (Å²) >= 11 is 1.32. The second-order valence-electron chi connectivity index (χ2n) is 4.77. The molecule has 1 atom stereocenters. The molecule has 1 aromatic rings. The Bertz CT molecular complexity index is 656. The summed E-state index contributed by atoms with van der Waals surface area (Å²) in [6.45, 7) is 0. The van der Waals surface area contributed by atoms with Gasteiger partial charge < -0.3 is 10.4 Å². The Morgan fingerprint density at radius 2 is 2.14 bits per heavy atom. The number of amides is 1. The Morgan fingerprint density at radius 3 is 2.76 bits per heavy atom. The van der Waals surface area contributed by atoms with Crippen LogP contribution in [0.5, 0.6) is 0 Å². The average molecular weight is 329 g/mol. The van der Waals surface area contributed by atoms with Crippen LogP contribution in [0, 0.1) is 0 Å². The standard InChI is InChI=1S/C13H15NO5S2/c15-12(7-20-11-4-5-21(18,19)8-11)14-10-3-1-2-9(6-10)13(16)17/h1-3,6,11H,4-5,7-8H2,(H,14,15)(H,16,17). The topological polar surface area (TPSA) is 101 Å². The van der Waals surface area contributed by atoms with E-state index in [0.29, 0.717) is 12.1 Å². The van der Waals surface area contributed by atoms with Crippen LogP contribution in [0.25, 0.3) is 0 Å². The van der Waals surface area contributed by atoms with Crippen LogP contribution in [0.1, 0.15) is 16.8 Å². The largest absolute Gasteiger partial charge is 0.478 e. The molecule has 114 valence electrons. The number of sulfone groups is 1. The molecule has 0 bridgehead atoms. The second-order valence-corrected chi connectivity index (χ2v) is 8.29. The predicted molar refractivity (Wildman–Crippen MR) is 81.5 cm³/mol. The van der Waals surface area contributed by atoms with Gasteiger partial charge in [-0.3, -0.25) is 4.79 Å². The van der Waals surface area contributed by atoms with E-state index in [4.69, 9.17) is 5.11 Å². The van der Waals surface area contributed by atoms with Crippen LogP contribution >= 0.6 is 11.8 Å². The van der Waals surface area contributed by atoms with Crippen LogP contribution in [-0.2, 0) is 14.6 Å². The van der Waals surface area contributed by atoms with Crippen LogP contribution in [-0.4, -0.2) is 47.9 Å². The number of hydrogen-bond donors (Lipinski definition) is 2. The fourth-order valence-corrected chi connectivity index (χ4v) is 5.46. The van der Waals surface area contributed by atoms with Gasteiger partial charge in [0.05, 0.1) is 22.8 Å². The third-order valence-corrected chi connectivity index (χ3v) is 6.32. The van der Waals surface area contributed by atoms with Crippen molar-refractivity contribution < 1.29 is 23.1 Å². The van der Waals surface area contributed by atoms with Crippen LogP contribution in [0.4, 0.5) is 5.69 Å². The zero-order valence-corrected chi connectivity index (χ0v) is 12.7. The third-order valence-electron chi connectivity index (χ3n) is 3.03. The molecule has 2 N–H and O–H groups in total. The van der Waals surface area contributed by atoms with Crippen molar-refractivity contribution in [1.29, 1.82) is 0 Å². The van der Waals surface area contributed by atoms with Gasteiger partial charge in [0.1, 0.15) is 0 Å². The summed E-state index contributed by atoms with van der Waals surface area (Å²) in [6.07, 6.45) is 0.578. The molecule has 1 aromatic carbocycles. The van der Waals surface area contributed by atoms with Gasteiger partial charge in [-0.25, -0.2) is 13.2 Å². The maximum atomic E-state index is 11.8. The Labute approximate surface area is 126 Å². The van der Waals surface area contributed by atoms with Gasteiger partial charge in [0.2, 0.25) is 5.91 Å². The average Bonchev–Trinajstić information content (AvgIpc) is 2.76. The summed E-state index contributed by atoms with van der Waals surface area (Å²) in [4.78, 5) is 22.6. The summed E-state index contributed by atoms with van der Waals surface area (Å²) in [5, 5.41) is 11.4. The maximum Gasteiger partial charge on any atom is 0.335 e. The van der Waals surface area contributed by atoms with E-state index in [1.807, 2.05) is 0 Å². The van der Waals surface area contributed by atoms with Crippen LogP contribution < -0.4 is 5.32 Å². The van der Waals surface area contributed by atoms with Crippen molar-refractivity contribution in [2.24, 2.45) is 0 Å². The number of rotatable bonds is 5. The number of thioether (sulfide) groups is 1. The van der Waals surface area contributed by atoms with E-state index in [-0.39, 0.29) is 34.0 Å². The Balaban J connectivity index is 1.85. The van der Waals surface area contributed by atoms with Crippen molar-refractivity contribution in [1.82, 2.24) is 0 Å². The highest BCUT2D eigenvalue weighted by Gasteiger charge is 2.28. The Kier molecular flexibility index (Phi) is 4.89. The third kappa shape index (κ3) is 4.75. The van der Waals surface area contributed by atoms with E-state index in [1.54, 1.807) is 12.1 Å². The minimum absolute atomic E-state index is 0.0360. The molecule has 21 heavy (non-hydrogen) atoms. The zero-order valence-electron chi connectivity index (χ0n) is 11.1. The first-order chi connectivity index (χ1) is 9.85. The molecule has 0 aromatic heterocycles. The van der Waals surface area contributed by atoms with Crippen molar-refractivity contribution in [2.45, 2.75) is 11.7 Å². The van der Waals surface area contributed by atoms with E-state index < -0.39 is 15.8 Å². The normalized spacial score (nSPS) is 20.1. The number of carbonyl (C=O) groups is 2. The zero-order chi connectivity index (χ0) is 15.5. The molecule has 2 rings (SSSR count). The highest BCUT2D eigenvalue weighted by Crippen LogP contribution is 2.24. The first-order valence-electron chi connectivity index (χ1n) is 6.31. The first-order valence-corrected chi connectivity index (χ1v) is 9.18. The number of hydrogen-bond acceptors (Lipinski definition) is 5. The number of benzene rings is 1. The molecule has 0 saturated carbocycles. The van der Waals surface area contributed by atoms with E-state index >= 15 is 0 Å². The smallest absolute Gasteiger partial charge is 0.335 e. The predicted octanol–water partition coefficient (Wildman–Crippen LogP) is 1.24. The summed E-state index contributed by atoms with van der Waals surface area (Å²) in [7, 11) is -2.94. The van der Waals surface area contributed by atoms with Crippen molar-refractivity contribution >= 4 is 39.2 Å². The number of nitrogens with one attached hydrogen (secondary N) is 1. The molecule has 1 aliphatic heterocycles. The summed E-state index contributed by atoms with van der Waals surface area (Å²) in [5.74, 6) is -0.868. The highest BCUT2D eigenvalue weighted by atomic mass is 32.2. The van der Waals surface area contributed by atoms with E-state index in [0.717, 1.165) is 0 Å². The Hall–Kier alpha value is -1.54. The van der Waals surface area contributed by atoms with E-state index in [2.05, 4.69) is 5.32 Å². The van der Waals surface area contributed by atoms with Crippen molar-refractivity contribution in [3.63, 3.8) is 0 Å². The lowest BCUT2D eigenvalue weighted by atomic mass is 10.2. The van der Waals surface area contributed by atoms with Gasteiger partial charge in [0.15, 0.2) is 9.84 Å². The lowest BCUT2D eigenvalue weighted by Crippen LogP contribution is -2.17. The minimum Gasteiger partial charge on any atom is -0.478 e. The van der Waals surface area contributed by atoms with Crippen molar-refractivity contribution in [3.8, 4) is 0 Å². The quantitative estimate of drug-likeness (QED) is 0.843. The molecule has 0 spiro atoms. The van der Waals surface area contributed by atoms with E-state index in [1.165, 1.54) is 23.9 Å². The van der Waals surface area contributed by atoms with Gasteiger partial charge in [0, 0.05) is 10.9 Å².